The molecule has 20 heavy (non-hydrogen) atoms. The number of hydrogen-bond donors (Lipinski definition) is 3. The topological polar surface area (TPSA) is 78.4 Å². The number of unbranched alkanes of at least 4 members (excludes halogenated alkanes) is 2. The Morgan fingerprint density at radius 1 is 1.10 bits per heavy atom. The molecule has 2 aliphatic rings. The maximum atomic E-state index is 11.9. The van der Waals surface area contributed by atoms with E-state index >= 15 is 0 Å². The quantitative estimate of drug-likeness (QED) is 0.592. The molecule has 5 nitrogen and oxygen atoms in total. The summed E-state index contributed by atoms with van der Waals surface area (Å²) in [6.07, 6.45) is 8.14. The minimum Gasteiger partial charge on any atom is -0.481 e. The van der Waals surface area contributed by atoms with Crippen molar-refractivity contribution < 1.29 is 14.7 Å². The summed E-state index contributed by atoms with van der Waals surface area (Å²) in [5, 5.41) is 15.1. The molecule has 2 bridgehead atoms. The van der Waals surface area contributed by atoms with Crippen molar-refractivity contribution in [3.05, 3.63) is 0 Å². The first kappa shape index (κ1) is 15.3. The van der Waals surface area contributed by atoms with Crippen LogP contribution in [0, 0.1) is 5.92 Å². The summed E-state index contributed by atoms with van der Waals surface area (Å²) in [5.41, 5.74) is 0. The molecule has 2 rings (SSSR count). The van der Waals surface area contributed by atoms with E-state index < -0.39 is 5.97 Å². The molecule has 114 valence electrons. The Morgan fingerprint density at radius 2 is 1.80 bits per heavy atom. The van der Waals surface area contributed by atoms with Crippen LogP contribution >= 0.6 is 0 Å². The number of piperidine rings is 1. The number of carbonyl (C=O) groups excluding carboxylic acids is 1. The van der Waals surface area contributed by atoms with Gasteiger partial charge in [-0.15, -0.1) is 0 Å². The summed E-state index contributed by atoms with van der Waals surface area (Å²) < 4.78 is 0. The van der Waals surface area contributed by atoms with Crippen molar-refractivity contribution in [2.24, 2.45) is 5.92 Å². The highest BCUT2D eigenvalue weighted by Crippen LogP contribution is 2.32. The van der Waals surface area contributed by atoms with E-state index in [1.807, 2.05) is 0 Å². The maximum Gasteiger partial charge on any atom is 0.303 e. The van der Waals surface area contributed by atoms with Gasteiger partial charge in [-0.25, -0.2) is 0 Å². The van der Waals surface area contributed by atoms with Crippen LogP contribution in [0.25, 0.3) is 0 Å². The average molecular weight is 282 g/mol. The summed E-state index contributed by atoms with van der Waals surface area (Å²) in [6.45, 7) is 0.677. The van der Waals surface area contributed by atoms with Gasteiger partial charge < -0.3 is 15.7 Å². The first-order valence-electron chi connectivity index (χ1n) is 7.88. The molecule has 2 unspecified atom stereocenters. The van der Waals surface area contributed by atoms with Crippen molar-refractivity contribution in [1.82, 2.24) is 10.6 Å². The van der Waals surface area contributed by atoms with E-state index in [2.05, 4.69) is 10.6 Å². The highest BCUT2D eigenvalue weighted by Gasteiger charge is 2.33. The van der Waals surface area contributed by atoms with Crippen LogP contribution in [0.5, 0.6) is 0 Å². The lowest BCUT2D eigenvalue weighted by Crippen LogP contribution is -2.39. The number of carbonyl (C=O) groups is 2. The lowest BCUT2D eigenvalue weighted by molar-refractivity contribution is -0.137. The van der Waals surface area contributed by atoms with Crippen LogP contribution in [-0.2, 0) is 9.59 Å². The predicted octanol–water partition coefficient (Wildman–Crippen LogP) is 1.67. The fourth-order valence-corrected chi connectivity index (χ4v) is 3.48. The first-order valence-corrected chi connectivity index (χ1v) is 7.88. The van der Waals surface area contributed by atoms with Gasteiger partial charge in [-0.2, -0.15) is 0 Å². The summed E-state index contributed by atoms with van der Waals surface area (Å²) >= 11 is 0. The fourth-order valence-electron chi connectivity index (χ4n) is 3.48. The van der Waals surface area contributed by atoms with E-state index in [0.717, 1.165) is 25.7 Å². The normalized spacial score (nSPS) is 28.3. The third-order valence-electron chi connectivity index (χ3n) is 4.43. The Balaban J connectivity index is 1.51. The number of carboxylic acids is 1. The SMILES string of the molecule is O=C(O)CCCCCNC(=O)CC1CC2CCC(C1)N2. The van der Waals surface area contributed by atoms with Crippen LogP contribution in [0.1, 0.15) is 57.8 Å². The number of hydrogen-bond acceptors (Lipinski definition) is 3. The Labute approximate surface area is 120 Å². The molecule has 1 amide bonds. The first-order chi connectivity index (χ1) is 9.63. The molecular weight excluding hydrogens is 256 g/mol. The highest BCUT2D eigenvalue weighted by atomic mass is 16.4. The number of amides is 1. The van der Waals surface area contributed by atoms with Crippen LogP contribution < -0.4 is 10.6 Å². The third kappa shape index (κ3) is 5.12. The molecule has 2 heterocycles. The number of carboxylic acid groups (broad SMARTS) is 1. The van der Waals surface area contributed by atoms with E-state index in [4.69, 9.17) is 5.11 Å². The molecule has 3 N–H and O–H groups in total. The Hall–Kier alpha value is -1.10. The second-order valence-electron chi connectivity index (χ2n) is 6.23. The van der Waals surface area contributed by atoms with Gasteiger partial charge in [0.1, 0.15) is 0 Å². The van der Waals surface area contributed by atoms with E-state index in [9.17, 15) is 9.59 Å². The molecule has 5 heteroatoms. The maximum absolute atomic E-state index is 11.9. The van der Waals surface area contributed by atoms with Gasteiger partial charge in [-0.3, -0.25) is 9.59 Å². The lowest BCUT2D eigenvalue weighted by atomic mass is 9.89. The van der Waals surface area contributed by atoms with E-state index in [1.165, 1.54) is 12.8 Å². The molecule has 0 aliphatic carbocycles. The molecule has 0 saturated carbocycles. The van der Waals surface area contributed by atoms with E-state index in [-0.39, 0.29) is 12.3 Å². The molecule has 2 saturated heterocycles. The molecule has 0 aromatic heterocycles. The Morgan fingerprint density at radius 3 is 2.45 bits per heavy atom. The van der Waals surface area contributed by atoms with E-state index in [1.54, 1.807) is 0 Å². The van der Waals surface area contributed by atoms with Crippen LogP contribution in [0.4, 0.5) is 0 Å². The molecule has 0 aromatic rings. The Bertz CT molecular complexity index is 334. The zero-order valence-corrected chi connectivity index (χ0v) is 12.1. The van der Waals surface area contributed by atoms with Crippen molar-refractivity contribution in [1.29, 1.82) is 0 Å². The van der Waals surface area contributed by atoms with E-state index in [0.29, 0.717) is 37.4 Å². The third-order valence-corrected chi connectivity index (χ3v) is 4.43. The number of rotatable bonds is 8. The molecule has 2 fully saturated rings. The van der Waals surface area contributed by atoms with Crippen LogP contribution in [0.15, 0.2) is 0 Å². The lowest BCUT2D eigenvalue weighted by Gasteiger charge is -2.28. The monoisotopic (exact) mass is 282 g/mol. The molecule has 0 aromatic carbocycles. The smallest absolute Gasteiger partial charge is 0.303 e. The molecule has 2 aliphatic heterocycles. The molecule has 0 spiro atoms. The minimum absolute atomic E-state index is 0.162. The van der Waals surface area contributed by atoms with Crippen LogP contribution in [0.2, 0.25) is 0 Å². The Kier molecular flexibility index (Phi) is 5.83. The standard InChI is InChI=1S/C15H26N2O3/c18-14(16-7-3-1-2-4-15(19)20)10-11-8-12-5-6-13(9-11)17-12/h11-13,17H,1-10H2,(H,16,18)(H,19,20). The summed E-state index contributed by atoms with van der Waals surface area (Å²) in [5.74, 6) is -0.0372. The molecule has 2 atom stereocenters. The van der Waals surface area contributed by atoms with Crippen molar-refractivity contribution in [3.63, 3.8) is 0 Å². The average Bonchev–Trinajstić information content (AvgIpc) is 2.72. The number of fused-ring (bicyclic) bond motifs is 2. The molecular formula is C15H26N2O3. The van der Waals surface area contributed by atoms with Gasteiger partial charge in [0.15, 0.2) is 0 Å². The number of nitrogens with one attached hydrogen (secondary N) is 2. The molecule has 0 radical (unpaired) electrons. The van der Waals surface area contributed by atoms with Gasteiger partial charge >= 0.3 is 5.97 Å². The van der Waals surface area contributed by atoms with Crippen molar-refractivity contribution in [2.45, 2.75) is 69.9 Å². The number of aliphatic carboxylic acids is 1. The van der Waals surface area contributed by atoms with Crippen molar-refractivity contribution in [2.75, 3.05) is 6.54 Å². The summed E-state index contributed by atoms with van der Waals surface area (Å²) in [6, 6.07) is 1.28. The van der Waals surface area contributed by atoms with Gasteiger partial charge in [0.2, 0.25) is 5.91 Å². The van der Waals surface area contributed by atoms with Gasteiger partial charge in [0.25, 0.3) is 0 Å². The largest absolute Gasteiger partial charge is 0.481 e. The zero-order chi connectivity index (χ0) is 14.4. The zero-order valence-electron chi connectivity index (χ0n) is 12.1. The van der Waals surface area contributed by atoms with Crippen molar-refractivity contribution in [3.8, 4) is 0 Å². The van der Waals surface area contributed by atoms with Gasteiger partial charge in [0, 0.05) is 31.5 Å². The van der Waals surface area contributed by atoms with Crippen LogP contribution in [0.3, 0.4) is 0 Å². The summed E-state index contributed by atoms with van der Waals surface area (Å²) in [4.78, 5) is 22.2. The predicted molar refractivity (Wildman–Crippen MR) is 76.4 cm³/mol. The highest BCUT2D eigenvalue weighted by molar-refractivity contribution is 5.76. The summed E-state index contributed by atoms with van der Waals surface area (Å²) in [7, 11) is 0. The van der Waals surface area contributed by atoms with Gasteiger partial charge in [-0.1, -0.05) is 6.42 Å². The van der Waals surface area contributed by atoms with Crippen LogP contribution in [-0.4, -0.2) is 35.6 Å². The second-order valence-corrected chi connectivity index (χ2v) is 6.23. The minimum atomic E-state index is -0.741. The van der Waals surface area contributed by atoms with Gasteiger partial charge in [0.05, 0.1) is 0 Å². The fraction of sp³-hybridized carbons (Fsp3) is 0.867. The van der Waals surface area contributed by atoms with Crippen molar-refractivity contribution >= 4 is 11.9 Å². The second kappa shape index (κ2) is 7.62. The van der Waals surface area contributed by atoms with Gasteiger partial charge in [-0.05, 0) is 44.4 Å².